The Bertz CT molecular complexity index is 2300. The van der Waals surface area contributed by atoms with Gasteiger partial charge in [0.25, 0.3) is 5.72 Å². The molecule has 0 saturated carbocycles. The lowest BCUT2D eigenvalue weighted by Gasteiger charge is -2.46. The van der Waals surface area contributed by atoms with Gasteiger partial charge in [-0.1, -0.05) is 45.0 Å². The summed E-state index contributed by atoms with van der Waals surface area (Å²) >= 11 is 0. The van der Waals surface area contributed by atoms with Gasteiger partial charge in [-0.15, -0.1) is 5.10 Å². The van der Waals surface area contributed by atoms with Crippen LogP contribution in [0.5, 0.6) is 0 Å². The molecule has 2 saturated heterocycles. The summed E-state index contributed by atoms with van der Waals surface area (Å²) in [6.07, 6.45) is -0.0494. The van der Waals surface area contributed by atoms with Crippen LogP contribution in [-0.2, 0) is 45.5 Å². The molecular formula is C50H81N11O10. The minimum Gasteiger partial charge on any atom is -0.455 e. The van der Waals surface area contributed by atoms with Crippen molar-refractivity contribution in [1.29, 1.82) is 0 Å². The number of hydrogen-bond donors (Lipinski definition) is 3. The number of fused-ring (bicyclic) bond motifs is 1. The normalized spacial score (nSPS) is 28.5. The van der Waals surface area contributed by atoms with Crippen LogP contribution in [0.2, 0.25) is 0 Å². The third kappa shape index (κ3) is 13.0. The summed E-state index contributed by atoms with van der Waals surface area (Å²) < 4.78 is 35.4. The van der Waals surface area contributed by atoms with Crippen LogP contribution in [0, 0.1) is 17.8 Å². The number of carbonyl (C=O) groups excluding carboxylic acids is 3. The van der Waals surface area contributed by atoms with E-state index in [-0.39, 0.29) is 37.4 Å². The van der Waals surface area contributed by atoms with Crippen molar-refractivity contribution in [3.8, 4) is 11.3 Å². The maximum Gasteiger partial charge on any atom is 0.412 e. The average Bonchev–Trinajstić information content (AvgIpc) is 3.91. The Labute approximate surface area is 419 Å². The number of hydrogen-bond acceptors (Lipinski definition) is 18. The molecule has 2 aliphatic rings. The standard InChI is InChI=1S/C50H81N11O10/c1-14-38(57(10)11)42(63)46(68-26-25-56(8)9)70-44-32(4)41(62)33(5)45(64)69-39(15-2)50(61-24-21-40(52)53-47(61)65)43(34(6)58(12)29-31(3)28-49(44,7)67-13)60(48(66)71-50)23-17-16-22-59-30-37(54-55-59)35-19-18-20-36(51)27-35/h18-21,24,27,30-34,38-39,42-44,46,63H,14-17,22-23,25-26,28-29,51H2,1-13H3,(H2,52,53,65)/t31-,32+,33-,34-,38?,39-,42?,43-,44-,46+,49-,50-/m1/s1. The molecule has 21 heteroatoms. The molecule has 2 aliphatic heterocycles. The van der Waals surface area contributed by atoms with Crippen molar-refractivity contribution >= 4 is 29.4 Å². The summed E-state index contributed by atoms with van der Waals surface area (Å²) in [6.45, 7) is 14.6. The number of ketones is 1. The van der Waals surface area contributed by atoms with Gasteiger partial charge >= 0.3 is 17.8 Å². The molecule has 21 nitrogen and oxygen atoms in total. The Kier molecular flexibility index (Phi) is 19.7. The maximum atomic E-state index is 14.9. The second-order valence-corrected chi connectivity index (χ2v) is 20.2. The topological polar surface area (TPSA) is 248 Å². The lowest BCUT2D eigenvalue weighted by molar-refractivity contribution is -0.267. The van der Waals surface area contributed by atoms with Crippen LogP contribution in [0.4, 0.5) is 16.3 Å². The number of nitrogen functional groups attached to an aromatic ring is 2. The average molecular weight is 996 g/mol. The number of Topliss-reactive ketones (excluding diaryl/α,β-unsaturated/α-hetero) is 1. The fourth-order valence-corrected chi connectivity index (χ4v) is 10.4. The maximum absolute atomic E-state index is 14.9. The highest BCUT2D eigenvalue weighted by Gasteiger charge is 2.64. The number of aliphatic hydroxyl groups excluding tert-OH is 1. The van der Waals surface area contributed by atoms with E-state index in [1.165, 1.54) is 23.8 Å². The molecule has 1 amide bonds. The third-order valence-corrected chi connectivity index (χ3v) is 14.4. The first-order chi connectivity index (χ1) is 33.5. The highest BCUT2D eigenvalue weighted by molar-refractivity contribution is 6.00. The smallest absolute Gasteiger partial charge is 0.412 e. The van der Waals surface area contributed by atoms with Gasteiger partial charge in [-0.05, 0) is 112 Å². The number of anilines is 2. The summed E-state index contributed by atoms with van der Waals surface area (Å²) in [5.41, 5.74) is 10.2. The van der Waals surface area contributed by atoms with Crippen LogP contribution in [-0.4, -0.2) is 184 Å². The first kappa shape index (κ1) is 56.9. The van der Waals surface area contributed by atoms with Crippen molar-refractivity contribution in [3.05, 3.63) is 53.2 Å². The van der Waals surface area contributed by atoms with Gasteiger partial charge in [0.05, 0.1) is 24.5 Å². The van der Waals surface area contributed by atoms with Crippen LogP contribution in [0.1, 0.15) is 80.6 Å². The zero-order valence-corrected chi connectivity index (χ0v) is 44.2. The number of unbranched alkanes of at least 4 members (excludes halogenated alkanes) is 1. The number of benzene rings is 1. The van der Waals surface area contributed by atoms with Crippen LogP contribution >= 0.6 is 0 Å². The molecule has 0 aliphatic carbocycles. The number of rotatable bonds is 19. The number of carbonyl (C=O) groups is 3. The Morgan fingerprint density at radius 3 is 2.34 bits per heavy atom. The minimum absolute atomic E-state index is 0.0514. The first-order valence-corrected chi connectivity index (χ1v) is 24.9. The van der Waals surface area contributed by atoms with Crippen molar-refractivity contribution < 1.29 is 43.2 Å². The van der Waals surface area contributed by atoms with Gasteiger partial charge in [-0.2, -0.15) is 4.98 Å². The molecule has 71 heavy (non-hydrogen) atoms. The van der Waals surface area contributed by atoms with Crippen LogP contribution in [0.3, 0.4) is 0 Å². The molecule has 1 aromatic carbocycles. The summed E-state index contributed by atoms with van der Waals surface area (Å²) in [5.74, 6) is -4.00. The fraction of sp³-hybridized carbons (Fsp3) is 0.700. The Hall–Kier alpha value is -5.03. The second kappa shape index (κ2) is 24.6. The van der Waals surface area contributed by atoms with Crippen molar-refractivity contribution in [2.24, 2.45) is 17.8 Å². The molecule has 5 N–H and O–H groups in total. The predicted octanol–water partition coefficient (Wildman–Crippen LogP) is 3.54. The SMILES string of the molecule is CCC(C(O)[C@@H](OCCN(C)C)O[C@@H]1[C@@H](C)C(=O)[C@@H](C)C(=O)O[C@H](CC)[C@@]2(n3ccc(N)nc3=O)OC(=O)N(CCCCn3cc(-c4cccc(N)c4)nn3)[C@@H]2[C@@H](C)N(C)C[C@H](C)C[C@@]1(C)OC)N(C)C. The number of cyclic esters (lactones) is 1. The van der Waals surface area contributed by atoms with Crippen molar-refractivity contribution in [2.45, 2.75) is 141 Å². The number of ether oxygens (including phenoxy) is 5. The quantitative estimate of drug-likeness (QED) is 0.0511. The number of likely N-dealkylation sites (N-methyl/N-ethyl adjacent to an activating group) is 3. The number of aryl methyl sites for hydroxylation is 1. The van der Waals surface area contributed by atoms with E-state index < -0.39 is 83.4 Å². The molecule has 2 aromatic heterocycles. The number of aromatic nitrogens is 5. The summed E-state index contributed by atoms with van der Waals surface area (Å²) in [4.78, 5) is 69.9. The fourth-order valence-electron chi connectivity index (χ4n) is 10.4. The van der Waals surface area contributed by atoms with Crippen LogP contribution < -0.4 is 17.2 Å². The lowest BCUT2D eigenvalue weighted by Crippen LogP contribution is -2.65. The highest BCUT2D eigenvalue weighted by Crippen LogP contribution is 2.44. The molecule has 5 rings (SSSR count). The minimum atomic E-state index is -1.98. The van der Waals surface area contributed by atoms with Gasteiger partial charge in [-0.25, -0.2) is 9.59 Å². The summed E-state index contributed by atoms with van der Waals surface area (Å²) in [7, 11) is 11.1. The van der Waals surface area contributed by atoms with Gasteiger partial charge in [-0.3, -0.25) is 23.7 Å². The van der Waals surface area contributed by atoms with E-state index in [2.05, 4.69) is 27.1 Å². The summed E-state index contributed by atoms with van der Waals surface area (Å²) in [5, 5.41) is 20.6. The van der Waals surface area contributed by atoms with E-state index in [0.717, 1.165) is 5.56 Å². The van der Waals surface area contributed by atoms with E-state index in [1.807, 2.05) is 90.2 Å². The molecule has 12 atom stereocenters. The van der Waals surface area contributed by atoms with Gasteiger partial charge in [0.15, 0.2) is 18.2 Å². The van der Waals surface area contributed by atoms with E-state index in [4.69, 9.17) is 35.2 Å². The van der Waals surface area contributed by atoms with Gasteiger partial charge in [0.2, 0.25) is 0 Å². The number of methoxy groups -OCH3 is 1. The summed E-state index contributed by atoms with van der Waals surface area (Å²) in [6, 6.07) is 6.94. The number of nitrogens with two attached hydrogens (primary N) is 2. The van der Waals surface area contributed by atoms with E-state index in [1.54, 1.807) is 36.6 Å². The van der Waals surface area contributed by atoms with Gasteiger partial charge in [0.1, 0.15) is 29.6 Å². The molecule has 2 fully saturated rings. The zero-order chi connectivity index (χ0) is 52.5. The van der Waals surface area contributed by atoms with Gasteiger partial charge in [0, 0.05) is 68.7 Å². The molecule has 396 valence electrons. The van der Waals surface area contributed by atoms with Crippen LogP contribution in [0.25, 0.3) is 11.3 Å². The third-order valence-electron chi connectivity index (χ3n) is 14.4. The Morgan fingerprint density at radius 1 is 1.01 bits per heavy atom. The molecule has 3 aromatic rings. The molecule has 0 bridgehead atoms. The molecule has 4 heterocycles. The second-order valence-electron chi connectivity index (χ2n) is 20.2. The highest BCUT2D eigenvalue weighted by atomic mass is 16.7. The Balaban J connectivity index is 1.57. The lowest BCUT2D eigenvalue weighted by atomic mass is 9.78. The molecule has 0 spiro atoms. The first-order valence-electron chi connectivity index (χ1n) is 24.9. The van der Waals surface area contributed by atoms with E-state index >= 15 is 0 Å². The number of nitrogens with zero attached hydrogens (tertiary/aromatic N) is 9. The van der Waals surface area contributed by atoms with Gasteiger partial charge < -0.3 is 55.0 Å². The van der Waals surface area contributed by atoms with Crippen molar-refractivity contribution in [2.75, 3.05) is 80.1 Å². The van der Waals surface area contributed by atoms with Crippen LogP contribution in [0.15, 0.2) is 47.5 Å². The molecular weight excluding hydrogens is 915 g/mol. The number of esters is 1. The zero-order valence-electron chi connectivity index (χ0n) is 44.2. The number of amides is 1. The van der Waals surface area contributed by atoms with Crippen molar-refractivity contribution in [3.63, 3.8) is 0 Å². The largest absolute Gasteiger partial charge is 0.455 e. The number of aliphatic hydroxyl groups is 1. The predicted molar refractivity (Wildman–Crippen MR) is 269 cm³/mol. The molecule has 0 radical (unpaired) electrons. The van der Waals surface area contributed by atoms with Crippen molar-refractivity contribution in [1.82, 2.24) is 44.1 Å². The van der Waals surface area contributed by atoms with E-state index in [0.29, 0.717) is 56.7 Å². The molecule has 2 unspecified atom stereocenters. The Morgan fingerprint density at radius 2 is 1.72 bits per heavy atom. The monoisotopic (exact) mass is 996 g/mol. The van der Waals surface area contributed by atoms with E-state index in [9.17, 15) is 24.3 Å².